The molecular formula is C31H34F6N4O2. The Balaban J connectivity index is 1.52. The molecule has 3 heterocycles. The van der Waals surface area contributed by atoms with Gasteiger partial charge in [0.15, 0.2) is 0 Å². The molecule has 0 N–H and O–H groups in total. The molecule has 43 heavy (non-hydrogen) atoms. The Morgan fingerprint density at radius 2 is 1.65 bits per heavy atom. The second kappa shape index (κ2) is 11.8. The van der Waals surface area contributed by atoms with Crippen LogP contribution in [0.2, 0.25) is 0 Å². The number of hydrogen-bond acceptors (Lipinski definition) is 4. The van der Waals surface area contributed by atoms with Gasteiger partial charge in [0.25, 0.3) is 0 Å². The topological polar surface area (TPSA) is 50.6 Å². The molecule has 1 aliphatic heterocycles. The summed E-state index contributed by atoms with van der Waals surface area (Å²) in [4.78, 5) is 21.6. The molecule has 2 aliphatic rings. The summed E-state index contributed by atoms with van der Waals surface area (Å²) < 4.78 is 88.7. The number of cyclic esters (lactones) is 1. The van der Waals surface area contributed by atoms with Gasteiger partial charge in [-0.1, -0.05) is 19.3 Å². The molecule has 2 fully saturated rings. The van der Waals surface area contributed by atoms with Gasteiger partial charge in [0.1, 0.15) is 11.9 Å². The Morgan fingerprint density at radius 3 is 2.21 bits per heavy atom. The molecule has 6 nitrogen and oxygen atoms in total. The van der Waals surface area contributed by atoms with E-state index in [0.29, 0.717) is 24.5 Å². The van der Waals surface area contributed by atoms with Crippen LogP contribution in [0, 0.1) is 0 Å². The molecule has 0 radical (unpaired) electrons. The van der Waals surface area contributed by atoms with Crippen molar-refractivity contribution in [3.63, 3.8) is 0 Å². The number of amides is 1. The molecular weight excluding hydrogens is 574 g/mol. The minimum atomic E-state index is -5.01. The van der Waals surface area contributed by atoms with E-state index in [0.717, 1.165) is 42.5 Å². The van der Waals surface area contributed by atoms with Crippen molar-refractivity contribution in [3.05, 3.63) is 71.0 Å². The maximum absolute atomic E-state index is 13.6. The van der Waals surface area contributed by atoms with Crippen LogP contribution in [0.25, 0.3) is 11.3 Å². The van der Waals surface area contributed by atoms with E-state index in [1.165, 1.54) is 11.3 Å². The minimum absolute atomic E-state index is 0.0193. The lowest BCUT2D eigenvalue weighted by Crippen LogP contribution is -2.39. The summed E-state index contributed by atoms with van der Waals surface area (Å²) in [7, 11) is 1.90. The van der Waals surface area contributed by atoms with E-state index in [1.54, 1.807) is 13.1 Å². The van der Waals surface area contributed by atoms with E-state index >= 15 is 0 Å². The second-order valence-electron chi connectivity index (χ2n) is 11.3. The van der Waals surface area contributed by atoms with Crippen LogP contribution < -0.4 is 4.90 Å². The lowest BCUT2D eigenvalue weighted by molar-refractivity contribution is -0.143. The average Bonchev–Trinajstić information content (AvgIpc) is 3.51. The predicted octanol–water partition coefficient (Wildman–Crippen LogP) is 8.37. The van der Waals surface area contributed by atoms with E-state index in [9.17, 15) is 31.1 Å². The average molecular weight is 609 g/mol. The van der Waals surface area contributed by atoms with Crippen LogP contribution in [-0.4, -0.2) is 39.2 Å². The fourth-order valence-electron chi connectivity index (χ4n) is 6.24. The fraction of sp³-hybridized carbons (Fsp3) is 0.484. The summed E-state index contributed by atoms with van der Waals surface area (Å²) in [6.45, 7) is 4.31. The first-order chi connectivity index (χ1) is 20.3. The molecule has 1 amide bonds. The van der Waals surface area contributed by atoms with Gasteiger partial charge in [-0.3, -0.25) is 4.90 Å². The smallest absolute Gasteiger partial charge is 0.416 e. The van der Waals surface area contributed by atoms with Crippen molar-refractivity contribution in [2.45, 2.75) is 83.0 Å². The van der Waals surface area contributed by atoms with Crippen LogP contribution in [0.3, 0.4) is 0 Å². The van der Waals surface area contributed by atoms with Crippen LogP contribution in [0.4, 0.5) is 37.0 Å². The molecule has 2 aromatic heterocycles. The second-order valence-corrected chi connectivity index (χ2v) is 11.3. The zero-order valence-electron chi connectivity index (χ0n) is 24.2. The standard InChI is InChI=1S/C31H34F6N4O2/c1-4-40(25-9-6-5-7-10-25)28-22(13-21(17-38-28)26-11-8-12-39(26)3)18-41-19(2)27(43-29(41)42)20-14-23(30(32,33)34)16-24(15-20)31(35,36)37/h8,11-17,19,25,27H,4-7,9-10,18H2,1-3H3. The molecule has 5 rings (SSSR count). The van der Waals surface area contributed by atoms with Gasteiger partial charge < -0.3 is 14.2 Å². The molecule has 0 bridgehead atoms. The summed E-state index contributed by atoms with van der Waals surface area (Å²) >= 11 is 0. The molecule has 2 atom stereocenters. The molecule has 2 unspecified atom stereocenters. The highest BCUT2D eigenvalue weighted by Gasteiger charge is 2.43. The number of carbonyl (C=O) groups is 1. The summed E-state index contributed by atoms with van der Waals surface area (Å²) in [5, 5.41) is 0. The van der Waals surface area contributed by atoms with Crippen LogP contribution in [-0.2, 0) is 30.7 Å². The quantitative estimate of drug-likeness (QED) is 0.253. The molecule has 1 aliphatic carbocycles. The number of aryl methyl sites for hydroxylation is 1. The number of benzene rings is 1. The Bertz CT molecular complexity index is 1430. The van der Waals surface area contributed by atoms with Gasteiger partial charge in [-0.25, -0.2) is 9.78 Å². The van der Waals surface area contributed by atoms with E-state index in [4.69, 9.17) is 9.72 Å². The number of ether oxygens (including phenoxy) is 1. The van der Waals surface area contributed by atoms with E-state index in [2.05, 4.69) is 4.90 Å². The zero-order valence-corrected chi connectivity index (χ0v) is 24.2. The first kappa shape index (κ1) is 30.7. The molecule has 1 aromatic carbocycles. The van der Waals surface area contributed by atoms with Gasteiger partial charge in [0.05, 0.1) is 23.7 Å². The largest absolute Gasteiger partial charge is 0.439 e. The first-order valence-corrected chi connectivity index (χ1v) is 14.4. The number of pyridine rings is 1. The van der Waals surface area contributed by atoms with Crippen molar-refractivity contribution >= 4 is 11.9 Å². The molecule has 1 saturated heterocycles. The summed E-state index contributed by atoms with van der Waals surface area (Å²) in [5.41, 5.74) is -0.830. The first-order valence-electron chi connectivity index (χ1n) is 14.4. The molecule has 12 heteroatoms. The van der Waals surface area contributed by atoms with E-state index < -0.39 is 41.7 Å². The number of aromatic nitrogens is 2. The molecule has 3 aromatic rings. The normalized spacial score (nSPS) is 20.0. The van der Waals surface area contributed by atoms with Crippen molar-refractivity contribution in [2.75, 3.05) is 11.4 Å². The molecule has 0 spiro atoms. The third-order valence-electron chi connectivity index (χ3n) is 8.48. The van der Waals surface area contributed by atoms with Gasteiger partial charge in [-0.05, 0) is 68.7 Å². The number of rotatable bonds is 7. The third-order valence-corrected chi connectivity index (χ3v) is 8.48. The van der Waals surface area contributed by atoms with E-state index in [-0.39, 0.29) is 24.2 Å². The molecule has 232 valence electrons. The van der Waals surface area contributed by atoms with Crippen molar-refractivity contribution < 1.29 is 35.9 Å². The van der Waals surface area contributed by atoms with Crippen molar-refractivity contribution in [1.29, 1.82) is 0 Å². The number of carbonyl (C=O) groups excluding carboxylic acids is 1. The number of alkyl halides is 6. The Kier molecular flexibility index (Phi) is 8.41. The van der Waals surface area contributed by atoms with Gasteiger partial charge in [-0.15, -0.1) is 0 Å². The van der Waals surface area contributed by atoms with Gasteiger partial charge >= 0.3 is 18.4 Å². The maximum Gasteiger partial charge on any atom is 0.416 e. The maximum atomic E-state index is 13.6. The third kappa shape index (κ3) is 6.33. The summed E-state index contributed by atoms with van der Waals surface area (Å²) in [6.07, 6.45) is -3.09. The van der Waals surface area contributed by atoms with Crippen molar-refractivity contribution in [2.24, 2.45) is 7.05 Å². The summed E-state index contributed by atoms with van der Waals surface area (Å²) in [6, 6.07) is 6.52. The zero-order chi connectivity index (χ0) is 31.1. The SMILES string of the molecule is CCN(c1ncc(-c2cccn2C)cc1CN1C(=O)OC(c2cc(C(F)(F)F)cc(C(F)(F)F)c2)C1C)C1CCCCC1. The monoisotopic (exact) mass is 608 g/mol. The van der Waals surface area contributed by atoms with Gasteiger partial charge in [-0.2, -0.15) is 26.3 Å². The van der Waals surface area contributed by atoms with Crippen LogP contribution in [0.5, 0.6) is 0 Å². The molecule has 1 saturated carbocycles. The predicted molar refractivity (Wildman–Crippen MR) is 149 cm³/mol. The number of anilines is 1. The number of nitrogens with zero attached hydrogens (tertiary/aromatic N) is 4. The minimum Gasteiger partial charge on any atom is -0.439 e. The van der Waals surface area contributed by atoms with E-state index in [1.807, 2.05) is 42.9 Å². The summed E-state index contributed by atoms with van der Waals surface area (Å²) in [5.74, 6) is 0.703. The van der Waals surface area contributed by atoms with Gasteiger partial charge in [0.2, 0.25) is 0 Å². The lowest BCUT2D eigenvalue weighted by Gasteiger charge is -2.36. The number of halogens is 6. The van der Waals surface area contributed by atoms with Crippen molar-refractivity contribution in [3.8, 4) is 11.3 Å². The Morgan fingerprint density at radius 1 is 1.00 bits per heavy atom. The fourth-order valence-corrected chi connectivity index (χ4v) is 6.24. The highest BCUT2D eigenvalue weighted by Crippen LogP contribution is 2.42. The Hall–Kier alpha value is -3.70. The lowest BCUT2D eigenvalue weighted by atomic mass is 9.93. The Labute approximate surface area is 246 Å². The van der Waals surface area contributed by atoms with Gasteiger partial charge in [0, 0.05) is 48.8 Å². The highest BCUT2D eigenvalue weighted by atomic mass is 19.4. The highest BCUT2D eigenvalue weighted by molar-refractivity contribution is 5.72. The van der Waals surface area contributed by atoms with Crippen LogP contribution in [0.15, 0.2) is 48.8 Å². The van der Waals surface area contributed by atoms with Crippen LogP contribution in [0.1, 0.15) is 74.3 Å². The van der Waals surface area contributed by atoms with Crippen LogP contribution >= 0.6 is 0 Å². The van der Waals surface area contributed by atoms with Crippen molar-refractivity contribution in [1.82, 2.24) is 14.5 Å². The number of hydrogen-bond donors (Lipinski definition) is 0.